The summed E-state index contributed by atoms with van der Waals surface area (Å²) in [7, 11) is 1.45. The summed E-state index contributed by atoms with van der Waals surface area (Å²) in [6, 6.07) is 0. The van der Waals surface area contributed by atoms with E-state index < -0.39 is 71.5 Å². The number of nitrogens with zero attached hydrogens (tertiary/aromatic N) is 1. The normalized spacial score (nSPS) is 34.9. The predicted octanol–water partition coefficient (Wildman–Crippen LogP) is 5.64. The standard InChI is InChI=1S/C16H18F2O2.C12H12F6O2.C5H5NO2/c1-15(12(17)3-2-4-13(15)18)9-16-6-5-10(8-16)7-11(16)14(19)20;13-9(5-11(14,15)16)12(17,18)20-10(19)8-4-6-1-2-7(8)3-6;1-6-4(7)2-3-5(6)8/h2-6,10-12H,7-9H2,1H3,(H,19,20);1-2,6-9H,3-5H2;2-3H,1H3/p-1. The Morgan fingerprint density at radius 1 is 1.02 bits per heavy atom. The molecule has 1 aliphatic heterocycles. The highest BCUT2D eigenvalue weighted by molar-refractivity contribution is 6.12. The van der Waals surface area contributed by atoms with Crippen molar-refractivity contribution < 1.29 is 64.1 Å². The molecule has 2 saturated carbocycles. The number of carboxylic acid groups (broad SMARTS) is 1. The molecule has 0 N–H and O–H groups in total. The number of aliphatic carboxylic acids is 1. The van der Waals surface area contributed by atoms with E-state index >= 15 is 0 Å². The third kappa shape index (κ3) is 7.91. The Morgan fingerprint density at radius 2 is 1.67 bits per heavy atom. The SMILES string of the molecule is CC1(CC23C=CC(CC2C(=O)[O-])C3)C(F)=CC=CC1F.CN1C(=O)C=CC1=O.O=C(OC(F)(F)C(F)CC(F)(F)F)C1CC2C=CC1C2. The fraction of sp³-hybridized carbons (Fsp3) is 0.576. The van der Waals surface area contributed by atoms with Crippen molar-refractivity contribution in [3.05, 3.63) is 60.5 Å². The van der Waals surface area contributed by atoms with Crippen LogP contribution in [-0.4, -0.2) is 60.3 Å². The number of carboxylic acids is 1. The molecule has 1 heterocycles. The van der Waals surface area contributed by atoms with E-state index in [0.29, 0.717) is 25.7 Å². The first-order chi connectivity index (χ1) is 22.2. The summed E-state index contributed by atoms with van der Waals surface area (Å²) >= 11 is 0. The number of carbonyl (C=O) groups excluding carboxylic acids is 4. The smallest absolute Gasteiger partial charge is 0.432 e. The maximum absolute atomic E-state index is 14.2. The number of esters is 1. The number of likely N-dealkylation sites (N-methyl/N-ethyl adjacent to an activating group) is 1. The fourth-order valence-corrected chi connectivity index (χ4v) is 7.25. The maximum Gasteiger partial charge on any atom is 0.432 e. The summed E-state index contributed by atoms with van der Waals surface area (Å²) in [5.74, 6) is -4.84. The Hall–Kier alpha value is -3.78. The van der Waals surface area contributed by atoms with Crippen LogP contribution in [0.3, 0.4) is 0 Å². The van der Waals surface area contributed by atoms with Crippen LogP contribution in [0.1, 0.15) is 45.4 Å². The molecular formula is C33H34F8NO6-. The number of hydrogen-bond acceptors (Lipinski definition) is 6. The average Bonchev–Trinajstić information content (AvgIpc) is 3.82. The minimum atomic E-state index is -5.09. The first-order valence-electron chi connectivity index (χ1n) is 15.3. The lowest BCUT2D eigenvalue weighted by atomic mass is 9.64. The highest BCUT2D eigenvalue weighted by Gasteiger charge is 2.55. The van der Waals surface area contributed by atoms with E-state index in [1.807, 2.05) is 18.2 Å². The lowest BCUT2D eigenvalue weighted by Gasteiger charge is -2.42. The van der Waals surface area contributed by atoms with E-state index in [2.05, 4.69) is 4.74 Å². The summed E-state index contributed by atoms with van der Waals surface area (Å²) in [5, 5.41) is 11.3. The number of allylic oxidation sites excluding steroid dienone is 8. The van der Waals surface area contributed by atoms with Crippen LogP contribution in [0.2, 0.25) is 0 Å². The molecule has 2 amide bonds. The maximum atomic E-state index is 14.2. The van der Waals surface area contributed by atoms with Crippen molar-refractivity contribution >= 4 is 23.8 Å². The second-order valence-corrected chi connectivity index (χ2v) is 13.3. The second-order valence-electron chi connectivity index (χ2n) is 13.3. The molecule has 2 fully saturated rings. The molecule has 0 aromatic carbocycles. The van der Waals surface area contributed by atoms with Crippen molar-refractivity contribution in [3.8, 4) is 0 Å². The number of ether oxygens (including phenoxy) is 1. The molecule has 5 aliphatic carbocycles. The van der Waals surface area contributed by atoms with Crippen LogP contribution in [-0.2, 0) is 23.9 Å². The third-order valence-corrected chi connectivity index (χ3v) is 9.86. The molecule has 264 valence electrons. The molecule has 9 atom stereocenters. The van der Waals surface area contributed by atoms with Gasteiger partial charge >= 0.3 is 18.3 Å². The highest BCUT2D eigenvalue weighted by atomic mass is 19.4. The van der Waals surface area contributed by atoms with Gasteiger partial charge in [0.1, 0.15) is 12.0 Å². The van der Waals surface area contributed by atoms with Gasteiger partial charge in [0.25, 0.3) is 11.8 Å². The van der Waals surface area contributed by atoms with Crippen molar-refractivity contribution in [1.82, 2.24) is 4.90 Å². The monoisotopic (exact) mass is 692 g/mol. The van der Waals surface area contributed by atoms with Crippen molar-refractivity contribution in [3.63, 3.8) is 0 Å². The summed E-state index contributed by atoms with van der Waals surface area (Å²) in [5.41, 5.74) is -1.95. The zero-order valence-electron chi connectivity index (χ0n) is 25.9. The molecule has 4 bridgehead atoms. The largest absolute Gasteiger partial charge is 0.550 e. The molecule has 9 unspecified atom stereocenters. The van der Waals surface area contributed by atoms with Gasteiger partial charge in [0.2, 0.25) is 6.17 Å². The Bertz CT molecular complexity index is 1440. The molecule has 48 heavy (non-hydrogen) atoms. The van der Waals surface area contributed by atoms with Gasteiger partial charge in [0.15, 0.2) is 0 Å². The minimum absolute atomic E-state index is 0.0996. The predicted molar refractivity (Wildman–Crippen MR) is 151 cm³/mol. The van der Waals surface area contributed by atoms with Crippen molar-refractivity contribution in [2.75, 3.05) is 7.05 Å². The van der Waals surface area contributed by atoms with Crippen LogP contribution < -0.4 is 5.11 Å². The van der Waals surface area contributed by atoms with E-state index in [0.717, 1.165) is 4.90 Å². The lowest BCUT2D eigenvalue weighted by molar-refractivity contribution is -0.314. The molecule has 6 aliphatic rings. The molecule has 0 radical (unpaired) electrons. The summed E-state index contributed by atoms with van der Waals surface area (Å²) in [4.78, 5) is 44.7. The lowest BCUT2D eigenvalue weighted by Crippen LogP contribution is -2.44. The second kappa shape index (κ2) is 13.6. The van der Waals surface area contributed by atoms with Gasteiger partial charge in [-0.3, -0.25) is 19.3 Å². The molecular weight excluding hydrogens is 658 g/mol. The first-order valence-corrected chi connectivity index (χ1v) is 15.3. The molecule has 7 nitrogen and oxygen atoms in total. The number of halogens is 8. The van der Waals surface area contributed by atoms with Crippen LogP contribution in [0.25, 0.3) is 0 Å². The van der Waals surface area contributed by atoms with Crippen molar-refractivity contribution in [2.24, 2.45) is 40.4 Å². The van der Waals surface area contributed by atoms with Crippen LogP contribution in [0.15, 0.2) is 60.5 Å². The molecule has 0 aromatic rings. The van der Waals surface area contributed by atoms with E-state index in [-0.39, 0.29) is 36.0 Å². The fourth-order valence-electron chi connectivity index (χ4n) is 7.25. The number of hydrogen-bond donors (Lipinski definition) is 0. The van der Waals surface area contributed by atoms with E-state index in [9.17, 15) is 59.4 Å². The number of amides is 2. The zero-order valence-corrected chi connectivity index (χ0v) is 25.9. The molecule has 0 saturated heterocycles. The molecule has 15 heteroatoms. The summed E-state index contributed by atoms with van der Waals surface area (Å²) in [6.45, 7) is 1.54. The number of rotatable bonds is 7. The van der Waals surface area contributed by atoms with Crippen LogP contribution in [0.5, 0.6) is 0 Å². The Kier molecular flexibility index (Phi) is 10.5. The quantitative estimate of drug-likeness (QED) is 0.148. The Morgan fingerprint density at radius 3 is 2.12 bits per heavy atom. The highest BCUT2D eigenvalue weighted by Crippen LogP contribution is 2.60. The summed E-state index contributed by atoms with van der Waals surface area (Å²) < 4.78 is 107. The number of alkyl halides is 7. The molecule has 0 aromatic heterocycles. The summed E-state index contributed by atoms with van der Waals surface area (Å²) in [6.07, 6.45) is -1.09. The number of fused-ring (bicyclic) bond motifs is 4. The van der Waals surface area contributed by atoms with Crippen LogP contribution in [0, 0.1) is 40.4 Å². The van der Waals surface area contributed by atoms with Gasteiger partial charge in [-0.2, -0.15) is 22.0 Å². The van der Waals surface area contributed by atoms with Crippen LogP contribution >= 0.6 is 0 Å². The van der Waals surface area contributed by atoms with Gasteiger partial charge in [-0.1, -0.05) is 37.3 Å². The Balaban J connectivity index is 0.000000177. The Labute approximate surface area is 271 Å². The zero-order chi connectivity index (χ0) is 35.8. The van der Waals surface area contributed by atoms with Gasteiger partial charge in [-0.25, -0.2) is 13.2 Å². The van der Waals surface area contributed by atoms with Gasteiger partial charge in [0, 0.05) is 31.1 Å². The number of imide groups is 1. The van der Waals surface area contributed by atoms with E-state index in [4.69, 9.17) is 0 Å². The van der Waals surface area contributed by atoms with Crippen molar-refractivity contribution in [2.45, 2.75) is 70.1 Å². The van der Waals surface area contributed by atoms with Crippen molar-refractivity contribution in [1.29, 1.82) is 0 Å². The first kappa shape index (κ1) is 37.0. The van der Waals surface area contributed by atoms with Gasteiger partial charge in [-0.05, 0) is 67.4 Å². The molecule has 6 rings (SSSR count). The van der Waals surface area contributed by atoms with Crippen LogP contribution in [0.4, 0.5) is 35.1 Å². The van der Waals surface area contributed by atoms with Gasteiger partial charge in [-0.15, -0.1) is 0 Å². The topological polar surface area (TPSA) is 104 Å². The average molecular weight is 693 g/mol. The third-order valence-electron chi connectivity index (χ3n) is 9.86. The van der Waals surface area contributed by atoms with E-state index in [1.54, 1.807) is 6.08 Å². The molecule has 0 spiro atoms. The minimum Gasteiger partial charge on any atom is -0.550 e. The number of carbonyl (C=O) groups is 4. The van der Waals surface area contributed by atoms with Gasteiger partial charge in [0.05, 0.1) is 17.8 Å². The van der Waals surface area contributed by atoms with E-state index in [1.165, 1.54) is 44.4 Å². The van der Waals surface area contributed by atoms with Gasteiger partial charge < -0.3 is 14.6 Å².